The van der Waals surface area contributed by atoms with Gasteiger partial charge in [-0.05, 0) is 30.2 Å². The Hall–Kier alpha value is -3.02. The Bertz CT molecular complexity index is 760. The fraction of sp³-hybridized carbons (Fsp3) is 0.176. The van der Waals surface area contributed by atoms with Crippen LogP contribution in [0.1, 0.15) is 16.8 Å². The molecule has 0 spiro atoms. The Balaban J connectivity index is 1.60. The molecule has 0 radical (unpaired) electrons. The Morgan fingerprint density at radius 1 is 0.957 bits per heavy atom. The van der Waals surface area contributed by atoms with Crippen LogP contribution < -0.4 is 10.6 Å². The van der Waals surface area contributed by atoms with Gasteiger partial charge in [-0.1, -0.05) is 30.3 Å². The third-order valence-corrected chi connectivity index (χ3v) is 3.43. The number of hydrogen-bond acceptors (Lipinski definition) is 6. The SMILES string of the molecule is Cc1ccccc1CNc1cnnc(NCc2ccccn2)n1. The van der Waals surface area contributed by atoms with E-state index in [1.807, 2.05) is 30.3 Å². The highest BCUT2D eigenvalue weighted by atomic mass is 15.3. The largest absolute Gasteiger partial charge is 0.365 e. The van der Waals surface area contributed by atoms with Gasteiger partial charge in [-0.25, -0.2) is 0 Å². The number of hydrogen-bond donors (Lipinski definition) is 2. The summed E-state index contributed by atoms with van der Waals surface area (Å²) in [5.74, 6) is 1.16. The molecule has 0 fully saturated rings. The van der Waals surface area contributed by atoms with Gasteiger partial charge in [0.05, 0.1) is 18.4 Å². The van der Waals surface area contributed by atoms with Crippen molar-refractivity contribution in [2.24, 2.45) is 0 Å². The van der Waals surface area contributed by atoms with Crippen LogP contribution in [0.3, 0.4) is 0 Å². The molecule has 116 valence electrons. The van der Waals surface area contributed by atoms with Crippen LogP contribution >= 0.6 is 0 Å². The maximum Gasteiger partial charge on any atom is 0.245 e. The van der Waals surface area contributed by atoms with Gasteiger partial charge in [-0.2, -0.15) is 10.1 Å². The number of aromatic nitrogens is 4. The predicted octanol–water partition coefficient (Wildman–Crippen LogP) is 2.80. The predicted molar refractivity (Wildman–Crippen MR) is 89.9 cm³/mol. The second kappa shape index (κ2) is 7.31. The molecular weight excluding hydrogens is 288 g/mol. The lowest BCUT2D eigenvalue weighted by atomic mass is 10.1. The van der Waals surface area contributed by atoms with Gasteiger partial charge in [0, 0.05) is 12.7 Å². The first-order valence-corrected chi connectivity index (χ1v) is 7.43. The summed E-state index contributed by atoms with van der Waals surface area (Å²) in [5, 5.41) is 14.4. The minimum atomic E-state index is 0.477. The monoisotopic (exact) mass is 306 g/mol. The van der Waals surface area contributed by atoms with Crippen molar-refractivity contribution in [1.29, 1.82) is 0 Å². The zero-order valence-corrected chi connectivity index (χ0v) is 12.9. The first-order valence-electron chi connectivity index (χ1n) is 7.43. The summed E-state index contributed by atoms with van der Waals surface area (Å²) < 4.78 is 0. The van der Waals surface area contributed by atoms with Gasteiger partial charge in [-0.15, -0.1) is 5.10 Å². The van der Waals surface area contributed by atoms with Crippen molar-refractivity contribution in [3.05, 3.63) is 71.7 Å². The normalized spacial score (nSPS) is 10.3. The average molecular weight is 306 g/mol. The van der Waals surface area contributed by atoms with Crippen LogP contribution in [0, 0.1) is 6.92 Å². The molecule has 6 nitrogen and oxygen atoms in total. The number of benzene rings is 1. The van der Waals surface area contributed by atoms with Gasteiger partial charge in [-0.3, -0.25) is 4.98 Å². The average Bonchev–Trinajstić information content (AvgIpc) is 2.61. The summed E-state index contributed by atoms with van der Waals surface area (Å²) in [6.07, 6.45) is 3.38. The number of rotatable bonds is 6. The standard InChI is InChI=1S/C17H18N6/c1-13-6-2-3-7-14(13)10-19-16-12-21-23-17(22-16)20-11-15-8-4-5-9-18-15/h2-9,12H,10-11H2,1H3,(H2,19,20,22,23). The van der Waals surface area contributed by atoms with E-state index in [2.05, 4.69) is 49.9 Å². The molecule has 0 atom stereocenters. The molecule has 0 saturated heterocycles. The molecule has 0 unspecified atom stereocenters. The number of anilines is 2. The van der Waals surface area contributed by atoms with E-state index in [1.165, 1.54) is 11.1 Å². The maximum atomic E-state index is 4.41. The summed E-state index contributed by atoms with van der Waals surface area (Å²) in [6.45, 7) is 3.35. The number of aryl methyl sites for hydroxylation is 1. The van der Waals surface area contributed by atoms with Crippen LogP contribution in [0.4, 0.5) is 11.8 Å². The van der Waals surface area contributed by atoms with E-state index in [0.717, 1.165) is 5.69 Å². The molecule has 0 aliphatic heterocycles. The van der Waals surface area contributed by atoms with Crippen molar-refractivity contribution in [2.75, 3.05) is 10.6 Å². The minimum absolute atomic E-state index is 0.477. The van der Waals surface area contributed by atoms with Crippen molar-refractivity contribution < 1.29 is 0 Å². The molecule has 2 heterocycles. The Morgan fingerprint density at radius 2 is 1.83 bits per heavy atom. The highest BCUT2D eigenvalue weighted by Gasteiger charge is 2.02. The smallest absolute Gasteiger partial charge is 0.245 e. The number of nitrogens with zero attached hydrogens (tertiary/aromatic N) is 4. The van der Waals surface area contributed by atoms with E-state index < -0.39 is 0 Å². The van der Waals surface area contributed by atoms with E-state index in [9.17, 15) is 0 Å². The van der Waals surface area contributed by atoms with Gasteiger partial charge in [0.15, 0.2) is 5.82 Å². The van der Waals surface area contributed by atoms with Crippen LogP contribution in [0.15, 0.2) is 54.9 Å². The van der Waals surface area contributed by atoms with Crippen LogP contribution in [-0.4, -0.2) is 20.2 Å². The van der Waals surface area contributed by atoms with Crippen molar-refractivity contribution >= 4 is 11.8 Å². The molecular formula is C17H18N6. The first-order chi connectivity index (χ1) is 11.3. The van der Waals surface area contributed by atoms with Crippen molar-refractivity contribution in [1.82, 2.24) is 20.2 Å². The zero-order chi connectivity index (χ0) is 15.9. The highest BCUT2D eigenvalue weighted by Crippen LogP contribution is 2.10. The Kier molecular flexibility index (Phi) is 4.73. The van der Waals surface area contributed by atoms with E-state index >= 15 is 0 Å². The molecule has 0 aliphatic carbocycles. The molecule has 0 amide bonds. The molecule has 3 rings (SSSR count). The summed E-state index contributed by atoms with van der Waals surface area (Å²) in [4.78, 5) is 8.66. The lowest BCUT2D eigenvalue weighted by Crippen LogP contribution is -2.09. The van der Waals surface area contributed by atoms with Gasteiger partial charge >= 0.3 is 0 Å². The van der Waals surface area contributed by atoms with Crippen molar-refractivity contribution in [3.63, 3.8) is 0 Å². The fourth-order valence-electron chi connectivity index (χ4n) is 2.13. The molecule has 2 aromatic heterocycles. The lowest BCUT2D eigenvalue weighted by molar-refractivity contribution is 0.925. The van der Waals surface area contributed by atoms with Gasteiger partial charge in [0.1, 0.15) is 0 Å². The van der Waals surface area contributed by atoms with Crippen LogP contribution in [-0.2, 0) is 13.1 Å². The number of nitrogens with one attached hydrogen (secondary N) is 2. The highest BCUT2D eigenvalue weighted by molar-refractivity contribution is 5.39. The molecule has 6 heteroatoms. The summed E-state index contributed by atoms with van der Waals surface area (Å²) in [5.41, 5.74) is 3.40. The molecule has 0 aliphatic rings. The second-order valence-corrected chi connectivity index (χ2v) is 5.12. The Morgan fingerprint density at radius 3 is 2.65 bits per heavy atom. The number of pyridine rings is 1. The Labute approximate surface area is 135 Å². The molecule has 0 bridgehead atoms. The van der Waals surface area contributed by atoms with Crippen LogP contribution in [0.5, 0.6) is 0 Å². The summed E-state index contributed by atoms with van der Waals surface area (Å²) >= 11 is 0. The van der Waals surface area contributed by atoms with Crippen molar-refractivity contribution in [3.8, 4) is 0 Å². The van der Waals surface area contributed by atoms with E-state index in [-0.39, 0.29) is 0 Å². The zero-order valence-electron chi connectivity index (χ0n) is 12.9. The fourth-order valence-corrected chi connectivity index (χ4v) is 2.13. The third-order valence-electron chi connectivity index (χ3n) is 3.43. The molecule has 0 saturated carbocycles. The lowest BCUT2D eigenvalue weighted by Gasteiger charge is -2.09. The van der Waals surface area contributed by atoms with Gasteiger partial charge in [0.2, 0.25) is 5.95 Å². The van der Waals surface area contributed by atoms with Crippen LogP contribution in [0.2, 0.25) is 0 Å². The maximum absolute atomic E-state index is 4.41. The molecule has 2 N–H and O–H groups in total. The summed E-state index contributed by atoms with van der Waals surface area (Å²) in [6, 6.07) is 14.0. The van der Waals surface area contributed by atoms with Crippen LogP contribution in [0.25, 0.3) is 0 Å². The molecule has 1 aromatic carbocycles. The quantitative estimate of drug-likeness (QED) is 0.729. The van der Waals surface area contributed by atoms with E-state index in [0.29, 0.717) is 24.9 Å². The van der Waals surface area contributed by atoms with E-state index in [1.54, 1.807) is 12.4 Å². The molecule has 23 heavy (non-hydrogen) atoms. The topological polar surface area (TPSA) is 75.6 Å². The minimum Gasteiger partial charge on any atom is -0.365 e. The summed E-state index contributed by atoms with van der Waals surface area (Å²) in [7, 11) is 0. The van der Waals surface area contributed by atoms with Gasteiger partial charge < -0.3 is 10.6 Å². The van der Waals surface area contributed by atoms with Crippen molar-refractivity contribution in [2.45, 2.75) is 20.0 Å². The van der Waals surface area contributed by atoms with E-state index in [4.69, 9.17) is 0 Å². The molecule has 3 aromatic rings. The first kappa shape index (κ1) is 14.9. The second-order valence-electron chi connectivity index (χ2n) is 5.12. The van der Waals surface area contributed by atoms with Gasteiger partial charge in [0.25, 0.3) is 0 Å². The third kappa shape index (κ3) is 4.23.